The monoisotopic (exact) mass is 266 g/mol. The number of amides is 2. The van der Waals surface area contributed by atoms with Gasteiger partial charge in [0.1, 0.15) is 0 Å². The van der Waals surface area contributed by atoms with Gasteiger partial charge in [-0.15, -0.1) is 0 Å². The summed E-state index contributed by atoms with van der Waals surface area (Å²) in [6, 6.07) is -0.0528. The van der Waals surface area contributed by atoms with E-state index in [-0.39, 0.29) is 11.7 Å². The Labute approximate surface area is 111 Å². The number of carboxylic acids is 1. The molecule has 0 aliphatic carbocycles. The Balaban J connectivity index is 1.73. The summed E-state index contributed by atoms with van der Waals surface area (Å²) in [5.41, 5.74) is 0.0136. The Bertz CT molecular complexity index is 471. The van der Waals surface area contributed by atoms with Gasteiger partial charge in [0, 0.05) is 32.4 Å². The average molecular weight is 266 g/mol. The second-order valence-corrected chi connectivity index (χ2v) is 4.87. The third-order valence-corrected chi connectivity index (χ3v) is 3.21. The molecule has 7 heteroatoms. The summed E-state index contributed by atoms with van der Waals surface area (Å²) in [6.45, 7) is 4.71. The fraction of sp³-hybridized carbons (Fsp3) is 0.583. The van der Waals surface area contributed by atoms with Crippen LogP contribution in [0.15, 0.2) is 12.5 Å². The number of aromatic nitrogens is 2. The lowest BCUT2D eigenvalue weighted by Crippen LogP contribution is -2.39. The zero-order valence-electron chi connectivity index (χ0n) is 10.9. The van der Waals surface area contributed by atoms with Crippen LogP contribution in [0.5, 0.6) is 0 Å². The molecule has 0 spiro atoms. The van der Waals surface area contributed by atoms with E-state index in [0.29, 0.717) is 19.0 Å². The van der Waals surface area contributed by atoms with Crippen LogP contribution in [0.1, 0.15) is 23.8 Å². The molecule has 1 aromatic rings. The largest absolute Gasteiger partial charge is 0.476 e. The number of likely N-dealkylation sites (tertiary alicyclic amines) is 1. The fourth-order valence-electron chi connectivity index (χ4n) is 2.12. The van der Waals surface area contributed by atoms with E-state index in [9.17, 15) is 9.59 Å². The van der Waals surface area contributed by atoms with Gasteiger partial charge in [-0.2, -0.15) is 0 Å². The topological polar surface area (TPSA) is 87.5 Å². The molecule has 0 bridgehead atoms. The van der Waals surface area contributed by atoms with Crippen molar-refractivity contribution in [1.82, 2.24) is 19.8 Å². The minimum Gasteiger partial charge on any atom is -0.476 e. The van der Waals surface area contributed by atoms with Gasteiger partial charge in [0.25, 0.3) is 0 Å². The number of nitrogens with zero attached hydrogens (tertiary/aromatic N) is 3. The highest BCUT2D eigenvalue weighted by Gasteiger charge is 2.22. The normalized spacial score (nSPS) is 18.6. The highest BCUT2D eigenvalue weighted by molar-refractivity contribution is 5.84. The van der Waals surface area contributed by atoms with E-state index >= 15 is 0 Å². The van der Waals surface area contributed by atoms with Crippen molar-refractivity contribution in [2.45, 2.75) is 19.9 Å². The van der Waals surface area contributed by atoms with Crippen molar-refractivity contribution in [3.63, 3.8) is 0 Å². The molecule has 1 fully saturated rings. The van der Waals surface area contributed by atoms with Crippen LogP contribution in [0.4, 0.5) is 4.79 Å². The molecule has 0 radical (unpaired) electrons. The van der Waals surface area contributed by atoms with Gasteiger partial charge in [-0.1, -0.05) is 6.92 Å². The molecule has 1 unspecified atom stereocenters. The Morgan fingerprint density at radius 1 is 1.58 bits per heavy atom. The number of hydrogen-bond acceptors (Lipinski definition) is 3. The van der Waals surface area contributed by atoms with Crippen molar-refractivity contribution in [2.75, 3.05) is 19.6 Å². The van der Waals surface area contributed by atoms with Crippen molar-refractivity contribution in [1.29, 1.82) is 0 Å². The van der Waals surface area contributed by atoms with Gasteiger partial charge in [-0.25, -0.2) is 14.6 Å². The zero-order chi connectivity index (χ0) is 13.8. The standard InChI is InChI=1S/C12H18N4O3/c1-9-2-4-16(6-9)12(19)13-3-5-15-7-10(11(17)18)14-8-15/h7-9H,2-6H2,1H3,(H,13,19)(H,17,18). The number of hydrogen-bond donors (Lipinski definition) is 2. The molecule has 2 N–H and O–H groups in total. The molecule has 1 aromatic heterocycles. The van der Waals surface area contributed by atoms with Crippen LogP contribution >= 0.6 is 0 Å². The van der Waals surface area contributed by atoms with Gasteiger partial charge < -0.3 is 19.9 Å². The number of aromatic carboxylic acids is 1. The summed E-state index contributed by atoms with van der Waals surface area (Å²) in [5.74, 6) is -0.480. The molecule has 104 valence electrons. The number of carbonyl (C=O) groups excluding carboxylic acids is 1. The Morgan fingerprint density at radius 3 is 2.95 bits per heavy atom. The van der Waals surface area contributed by atoms with Gasteiger partial charge in [-0.3, -0.25) is 0 Å². The molecule has 2 amide bonds. The first-order chi connectivity index (χ1) is 9.06. The first-order valence-corrected chi connectivity index (χ1v) is 6.34. The van der Waals surface area contributed by atoms with Crippen LogP contribution in [-0.4, -0.2) is 51.2 Å². The van der Waals surface area contributed by atoms with Gasteiger partial charge in [0.15, 0.2) is 5.69 Å². The van der Waals surface area contributed by atoms with Crippen LogP contribution in [0, 0.1) is 5.92 Å². The van der Waals surface area contributed by atoms with Crippen molar-refractivity contribution in [3.8, 4) is 0 Å². The lowest BCUT2D eigenvalue weighted by atomic mass is 10.2. The average Bonchev–Trinajstić information content (AvgIpc) is 2.98. The molecular formula is C12H18N4O3. The van der Waals surface area contributed by atoms with E-state index in [1.807, 2.05) is 0 Å². The SMILES string of the molecule is CC1CCN(C(=O)NCCn2cnc(C(=O)O)c2)C1. The van der Waals surface area contributed by atoms with E-state index in [2.05, 4.69) is 17.2 Å². The molecule has 1 atom stereocenters. The third-order valence-electron chi connectivity index (χ3n) is 3.21. The summed E-state index contributed by atoms with van der Waals surface area (Å²) in [7, 11) is 0. The van der Waals surface area contributed by atoms with Crippen LogP contribution in [0.25, 0.3) is 0 Å². The van der Waals surface area contributed by atoms with Gasteiger partial charge in [0.05, 0.1) is 6.33 Å². The van der Waals surface area contributed by atoms with Gasteiger partial charge in [-0.05, 0) is 12.3 Å². The van der Waals surface area contributed by atoms with E-state index in [1.54, 1.807) is 9.47 Å². The second-order valence-electron chi connectivity index (χ2n) is 4.87. The number of nitrogens with one attached hydrogen (secondary N) is 1. The molecule has 2 heterocycles. The van der Waals surface area contributed by atoms with Crippen molar-refractivity contribution in [2.24, 2.45) is 5.92 Å². The summed E-state index contributed by atoms with van der Waals surface area (Å²) >= 11 is 0. The lowest BCUT2D eigenvalue weighted by Gasteiger charge is -2.16. The smallest absolute Gasteiger partial charge is 0.356 e. The molecule has 19 heavy (non-hydrogen) atoms. The molecule has 7 nitrogen and oxygen atoms in total. The van der Waals surface area contributed by atoms with E-state index < -0.39 is 5.97 Å². The van der Waals surface area contributed by atoms with Crippen LogP contribution in [0.3, 0.4) is 0 Å². The maximum absolute atomic E-state index is 11.8. The highest BCUT2D eigenvalue weighted by Crippen LogP contribution is 2.14. The molecule has 1 saturated heterocycles. The van der Waals surface area contributed by atoms with Crippen molar-refractivity contribution < 1.29 is 14.7 Å². The Hall–Kier alpha value is -2.05. The van der Waals surface area contributed by atoms with Crippen molar-refractivity contribution in [3.05, 3.63) is 18.2 Å². The molecule has 1 aliphatic heterocycles. The lowest BCUT2D eigenvalue weighted by molar-refractivity contribution is 0.0691. The predicted octanol–water partition coefficient (Wildman–Crippen LogP) is 0.633. The van der Waals surface area contributed by atoms with E-state index in [4.69, 9.17) is 5.11 Å². The maximum atomic E-state index is 11.8. The molecule has 0 saturated carbocycles. The second kappa shape index (κ2) is 5.73. The van der Waals surface area contributed by atoms with Gasteiger partial charge >= 0.3 is 12.0 Å². The quantitative estimate of drug-likeness (QED) is 0.837. The maximum Gasteiger partial charge on any atom is 0.356 e. The van der Waals surface area contributed by atoms with Crippen LogP contribution in [-0.2, 0) is 6.54 Å². The van der Waals surface area contributed by atoms with Crippen LogP contribution in [0.2, 0.25) is 0 Å². The number of carbonyl (C=O) groups is 2. The number of carboxylic acid groups (broad SMARTS) is 1. The summed E-state index contributed by atoms with van der Waals surface area (Å²) in [6.07, 6.45) is 3.96. The summed E-state index contributed by atoms with van der Waals surface area (Å²) in [5, 5.41) is 11.6. The highest BCUT2D eigenvalue weighted by atomic mass is 16.4. The zero-order valence-corrected chi connectivity index (χ0v) is 10.9. The molecule has 1 aliphatic rings. The summed E-state index contributed by atoms with van der Waals surface area (Å²) in [4.78, 5) is 28.0. The number of urea groups is 1. The summed E-state index contributed by atoms with van der Waals surface area (Å²) < 4.78 is 1.65. The van der Waals surface area contributed by atoms with Crippen molar-refractivity contribution >= 4 is 12.0 Å². The molecular weight excluding hydrogens is 248 g/mol. The minimum absolute atomic E-state index is 0.0136. The van der Waals surface area contributed by atoms with Gasteiger partial charge in [0.2, 0.25) is 0 Å². The Kier molecular flexibility index (Phi) is 4.03. The molecule has 0 aromatic carbocycles. The third kappa shape index (κ3) is 3.46. The first kappa shape index (κ1) is 13.4. The number of imidazole rings is 1. The van der Waals surface area contributed by atoms with E-state index in [0.717, 1.165) is 19.5 Å². The van der Waals surface area contributed by atoms with E-state index in [1.165, 1.54) is 12.5 Å². The first-order valence-electron chi connectivity index (χ1n) is 6.34. The number of rotatable bonds is 4. The van der Waals surface area contributed by atoms with Crippen LogP contribution < -0.4 is 5.32 Å². The predicted molar refractivity (Wildman–Crippen MR) is 67.9 cm³/mol. The Morgan fingerprint density at radius 2 is 2.37 bits per heavy atom. The molecule has 2 rings (SSSR count). The fourth-order valence-corrected chi connectivity index (χ4v) is 2.12. The minimum atomic E-state index is -1.05.